The van der Waals surface area contributed by atoms with Gasteiger partial charge in [-0.25, -0.2) is 0 Å². The van der Waals surface area contributed by atoms with Crippen LogP contribution in [0.25, 0.3) is 0 Å². The molecule has 0 spiro atoms. The van der Waals surface area contributed by atoms with Crippen LogP contribution >= 0.6 is 0 Å². The lowest BCUT2D eigenvalue weighted by Gasteiger charge is -2.16. The summed E-state index contributed by atoms with van der Waals surface area (Å²) in [5, 5.41) is 8.38. The Morgan fingerprint density at radius 1 is 1.22 bits per heavy atom. The molecule has 0 saturated heterocycles. The van der Waals surface area contributed by atoms with E-state index in [0.717, 1.165) is 12.1 Å². The molecule has 6 nitrogen and oxygen atoms in total. The van der Waals surface area contributed by atoms with Crippen LogP contribution in [0.3, 0.4) is 0 Å². The second kappa shape index (κ2) is 7.18. The van der Waals surface area contributed by atoms with E-state index in [2.05, 4.69) is 20.7 Å². The molecule has 0 saturated carbocycles. The van der Waals surface area contributed by atoms with E-state index >= 15 is 0 Å². The van der Waals surface area contributed by atoms with Gasteiger partial charge in [-0.3, -0.25) is 9.59 Å². The van der Waals surface area contributed by atoms with Gasteiger partial charge in [-0.1, -0.05) is 12.1 Å². The number of hydrogen-bond donors (Lipinski definition) is 3. The number of hydrogen-bond acceptors (Lipinski definition) is 4. The third kappa shape index (κ3) is 4.69. The minimum absolute atomic E-state index is 0.144. The number of alkyl halides is 3. The molecule has 142 valence electrons. The number of carbonyl (C=O) groups is 2. The lowest BCUT2D eigenvalue weighted by Crippen LogP contribution is -2.20. The number of para-hydroxylation sites is 1. The van der Waals surface area contributed by atoms with Crippen LogP contribution in [0.15, 0.2) is 42.5 Å². The molecule has 1 aliphatic heterocycles. The Kier molecular flexibility index (Phi) is 4.93. The molecule has 2 aromatic rings. The zero-order chi connectivity index (χ0) is 19.6. The summed E-state index contributed by atoms with van der Waals surface area (Å²) in [6.45, 7) is 1.81. The number of ether oxygens (including phenoxy) is 1. The largest absolute Gasteiger partial charge is 0.573 e. The second-order valence-corrected chi connectivity index (χ2v) is 6.06. The van der Waals surface area contributed by atoms with Gasteiger partial charge in [0.2, 0.25) is 5.91 Å². The average Bonchev–Trinajstić information content (AvgIpc) is 2.69. The molecule has 2 aromatic carbocycles. The molecular weight excluding hydrogens is 363 g/mol. The molecule has 0 bridgehead atoms. The molecule has 1 aliphatic rings. The van der Waals surface area contributed by atoms with E-state index in [0.29, 0.717) is 11.4 Å². The van der Waals surface area contributed by atoms with Crippen molar-refractivity contribution in [3.63, 3.8) is 0 Å². The summed E-state index contributed by atoms with van der Waals surface area (Å²) >= 11 is 0. The van der Waals surface area contributed by atoms with Crippen molar-refractivity contribution < 1.29 is 27.5 Å². The highest BCUT2D eigenvalue weighted by atomic mass is 19.4. The van der Waals surface area contributed by atoms with Gasteiger partial charge in [0.1, 0.15) is 5.75 Å². The normalized spacial score (nSPS) is 16.4. The van der Waals surface area contributed by atoms with Gasteiger partial charge in [0, 0.05) is 24.2 Å². The van der Waals surface area contributed by atoms with Gasteiger partial charge < -0.3 is 20.7 Å². The first-order chi connectivity index (χ1) is 12.7. The summed E-state index contributed by atoms with van der Waals surface area (Å²) in [6.07, 6.45) is -4.58. The van der Waals surface area contributed by atoms with Gasteiger partial charge in [-0.15, -0.1) is 13.2 Å². The van der Waals surface area contributed by atoms with Crippen LogP contribution in [0.4, 0.5) is 30.2 Å². The first kappa shape index (κ1) is 18.6. The molecule has 1 heterocycles. The number of halogens is 3. The Bertz CT molecular complexity index is 884. The van der Waals surface area contributed by atoms with Crippen molar-refractivity contribution >= 4 is 28.9 Å². The van der Waals surface area contributed by atoms with E-state index < -0.39 is 18.0 Å². The molecule has 1 atom stereocenters. The van der Waals surface area contributed by atoms with Gasteiger partial charge in [0.15, 0.2) is 0 Å². The monoisotopic (exact) mass is 379 g/mol. The predicted octanol–water partition coefficient (Wildman–Crippen LogP) is 3.98. The van der Waals surface area contributed by atoms with Crippen LogP contribution in [0.1, 0.15) is 23.7 Å². The SMILES string of the molecule is CC1CC(=O)Nc2cccc(C(=O)Nc3cccc(OC(F)(F)F)c3)c2N1. The van der Waals surface area contributed by atoms with Gasteiger partial charge in [-0.05, 0) is 31.2 Å². The lowest BCUT2D eigenvalue weighted by molar-refractivity contribution is -0.274. The summed E-state index contributed by atoms with van der Waals surface area (Å²) < 4.78 is 40.9. The van der Waals surface area contributed by atoms with E-state index in [4.69, 9.17) is 0 Å². The minimum Gasteiger partial charge on any atom is -0.406 e. The Balaban J connectivity index is 1.85. The van der Waals surface area contributed by atoms with E-state index in [1.165, 1.54) is 12.1 Å². The topological polar surface area (TPSA) is 79.5 Å². The highest BCUT2D eigenvalue weighted by Gasteiger charge is 2.31. The number of fused-ring (bicyclic) bond motifs is 1. The maximum atomic E-state index is 12.7. The summed E-state index contributed by atoms with van der Waals surface area (Å²) in [4.78, 5) is 24.5. The van der Waals surface area contributed by atoms with Gasteiger partial charge >= 0.3 is 6.36 Å². The number of carbonyl (C=O) groups excluding carboxylic acids is 2. The Hall–Kier alpha value is -3.23. The van der Waals surface area contributed by atoms with Crippen LogP contribution in [0.5, 0.6) is 5.75 Å². The molecule has 1 unspecified atom stereocenters. The fourth-order valence-corrected chi connectivity index (χ4v) is 2.75. The number of rotatable bonds is 3. The van der Waals surface area contributed by atoms with Crippen molar-refractivity contribution in [2.45, 2.75) is 25.7 Å². The maximum absolute atomic E-state index is 12.7. The van der Waals surface area contributed by atoms with Crippen molar-refractivity contribution in [2.24, 2.45) is 0 Å². The van der Waals surface area contributed by atoms with Gasteiger partial charge in [0.25, 0.3) is 5.91 Å². The van der Waals surface area contributed by atoms with E-state index in [1.807, 2.05) is 0 Å². The van der Waals surface area contributed by atoms with Crippen molar-refractivity contribution in [2.75, 3.05) is 16.0 Å². The summed E-state index contributed by atoms with van der Waals surface area (Å²) in [5.41, 5.74) is 1.32. The molecule has 3 rings (SSSR count). The highest BCUT2D eigenvalue weighted by molar-refractivity contribution is 6.11. The van der Waals surface area contributed by atoms with Gasteiger partial charge in [-0.2, -0.15) is 0 Å². The smallest absolute Gasteiger partial charge is 0.406 e. The average molecular weight is 379 g/mol. The standard InChI is InChI=1S/C18H16F3N3O3/c1-10-8-15(25)24-14-7-3-6-13(16(14)22-10)17(26)23-11-4-2-5-12(9-11)27-18(19,20)21/h2-7,9-10,22H,8H2,1H3,(H,23,26)(H,24,25). The third-order valence-corrected chi connectivity index (χ3v) is 3.79. The van der Waals surface area contributed by atoms with Crippen LogP contribution in [-0.2, 0) is 4.79 Å². The Morgan fingerprint density at radius 3 is 2.70 bits per heavy atom. The number of anilines is 3. The van der Waals surface area contributed by atoms with Crippen molar-refractivity contribution in [3.8, 4) is 5.75 Å². The third-order valence-electron chi connectivity index (χ3n) is 3.79. The zero-order valence-corrected chi connectivity index (χ0v) is 14.2. The molecule has 0 radical (unpaired) electrons. The summed E-state index contributed by atoms with van der Waals surface area (Å²) in [6, 6.07) is 9.62. The zero-order valence-electron chi connectivity index (χ0n) is 14.2. The Labute approximate surface area is 152 Å². The van der Waals surface area contributed by atoms with Crippen molar-refractivity contribution in [3.05, 3.63) is 48.0 Å². The second-order valence-electron chi connectivity index (χ2n) is 6.06. The van der Waals surface area contributed by atoms with Crippen LogP contribution in [0.2, 0.25) is 0 Å². The molecule has 0 fully saturated rings. The first-order valence-electron chi connectivity index (χ1n) is 8.08. The Morgan fingerprint density at radius 2 is 1.96 bits per heavy atom. The maximum Gasteiger partial charge on any atom is 0.573 e. The van der Waals surface area contributed by atoms with Gasteiger partial charge in [0.05, 0.1) is 16.9 Å². The van der Waals surface area contributed by atoms with E-state index in [1.54, 1.807) is 25.1 Å². The number of benzene rings is 2. The molecule has 0 aliphatic carbocycles. The number of nitrogens with one attached hydrogen (secondary N) is 3. The molecule has 2 amide bonds. The molecule has 0 aromatic heterocycles. The summed E-state index contributed by atoms with van der Waals surface area (Å²) in [5.74, 6) is -1.15. The number of amides is 2. The quantitative estimate of drug-likeness (QED) is 0.754. The van der Waals surface area contributed by atoms with Crippen molar-refractivity contribution in [1.29, 1.82) is 0 Å². The highest BCUT2D eigenvalue weighted by Crippen LogP contribution is 2.31. The van der Waals surface area contributed by atoms with Crippen LogP contribution in [0, 0.1) is 0 Å². The van der Waals surface area contributed by atoms with Crippen LogP contribution in [-0.4, -0.2) is 24.2 Å². The first-order valence-corrected chi connectivity index (χ1v) is 8.08. The fourth-order valence-electron chi connectivity index (χ4n) is 2.75. The molecule has 9 heteroatoms. The molecule has 27 heavy (non-hydrogen) atoms. The van der Waals surface area contributed by atoms with E-state index in [9.17, 15) is 22.8 Å². The van der Waals surface area contributed by atoms with Crippen LogP contribution < -0.4 is 20.7 Å². The van der Waals surface area contributed by atoms with E-state index in [-0.39, 0.29) is 29.6 Å². The molecule has 3 N–H and O–H groups in total. The molecular formula is C18H16F3N3O3. The van der Waals surface area contributed by atoms with Crippen molar-refractivity contribution in [1.82, 2.24) is 0 Å². The summed E-state index contributed by atoms with van der Waals surface area (Å²) in [7, 11) is 0. The predicted molar refractivity (Wildman–Crippen MR) is 93.9 cm³/mol. The lowest BCUT2D eigenvalue weighted by atomic mass is 10.1. The minimum atomic E-state index is -4.82. The fraction of sp³-hybridized carbons (Fsp3) is 0.222.